The van der Waals surface area contributed by atoms with Gasteiger partial charge >= 0.3 is 0 Å². The van der Waals surface area contributed by atoms with Crippen LogP contribution in [0.15, 0.2) is 24.3 Å². The van der Waals surface area contributed by atoms with E-state index in [1.165, 1.54) is 24.0 Å². The van der Waals surface area contributed by atoms with Crippen molar-refractivity contribution in [2.45, 2.75) is 57.9 Å². The number of hydrogen-bond acceptors (Lipinski definition) is 2. The zero-order chi connectivity index (χ0) is 16.0. The molecule has 2 aliphatic rings. The molecule has 2 aromatic rings. The highest BCUT2D eigenvalue weighted by molar-refractivity contribution is 5.94. The maximum Gasteiger partial charge on any atom is 0.226 e. The van der Waals surface area contributed by atoms with Gasteiger partial charge in [0.2, 0.25) is 5.91 Å². The molecule has 0 saturated carbocycles. The van der Waals surface area contributed by atoms with Crippen molar-refractivity contribution in [2.75, 3.05) is 5.32 Å². The molecule has 0 unspecified atom stereocenters. The van der Waals surface area contributed by atoms with E-state index in [0.717, 1.165) is 30.3 Å². The molecular weight excluding hydrogens is 286 g/mol. The SMILES string of the molecule is CC(C)c1ccc([C@H]2CC(=O)Nc3c2nc2n3CCCC2)cc1. The highest BCUT2D eigenvalue weighted by atomic mass is 16.1. The fourth-order valence-corrected chi connectivity index (χ4v) is 3.73. The number of nitrogens with one attached hydrogen (secondary N) is 1. The Bertz CT molecular complexity index is 743. The third-order valence-corrected chi connectivity index (χ3v) is 5.09. The van der Waals surface area contributed by atoms with Crippen LogP contribution in [0.2, 0.25) is 0 Å². The average molecular weight is 309 g/mol. The van der Waals surface area contributed by atoms with E-state index in [4.69, 9.17) is 4.98 Å². The smallest absolute Gasteiger partial charge is 0.226 e. The first-order chi connectivity index (χ1) is 11.1. The molecule has 0 bridgehead atoms. The van der Waals surface area contributed by atoms with Crippen LogP contribution in [0.5, 0.6) is 0 Å². The molecule has 1 amide bonds. The lowest BCUT2D eigenvalue weighted by Gasteiger charge is -2.24. The Morgan fingerprint density at radius 2 is 2.00 bits per heavy atom. The molecule has 0 fully saturated rings. The highest BCUT2D eigenvalue weighted by Crippen LogP contribution is 2.38. The van der Waals surface area contributed by atoms with Crippen LogP contribution in [0.1, 0.15) is 67.6 Å². The van der Waals surface area contributed by atoms with E-state index >= 15 is 0 Å². The summed E-state index contributed by atoms with van der Waals surface area (Å²) < 4.78 is 2.21. The Morgan fingerprint density at radius 3 is 2.74 bits per heavy atom. The fraction of sp³-hybridized carbons (Fsp3) is 0.474. The van der Waals surface area contributed by atoms with Crippen LogP contribution < -0.4 is 5.32 Å². The molecule has 0 saturated heterocycles. The van der Waals surface area contributed by atoms with Crippen LogP contribution >= 0.6 is 0 Å². The molecule has 120 valence electrons. The van der Waals surface area contributed by atoms with Gasteiger partial charge in [-0.1, -0.05) is 38.1 Å². The number of fused-ring (bicyclic) bond motifs is 3. The van der Waals surface area contributed by atoms with Gasteiger partial charge in [0.1, 0.15) is 11.6 Å². The minimum Gasteiger partial charge on any atom is -0.314 e. The van der Waals surface area contributed by atoms with E-state index in [2.05, 4.69) is 48.0 Å². The standard InChI is InChI=1S/C19H23N3O/c1-12(2)13-6-8-14(9-7-13)15-11-17(23)21-19-18(15)20-16-5-3-4-10-22(16)19/h6-9,12,15H,3-5,10-11H2,1-2H3,(H,21,23)/t15-/m1/s1. The van der Waals surface area contributed by atoms with Crippen LogP contribution in [0.25, 0.3) is 0 Å². The summed E-state index contributed by atoms with van der Waals surface area (Å²) in [5, 5.41) is 3.06. The number of anilines is 1. The molecule has 0 radical (unpaired) electrons. The second kappa shape index (κ2) is 5.52. The van der Waals surface area contributed by atoms with Gasteiger partial charge in [0, 0.05) is 25.3 Å². The zero-order valence-electron chi connectivity index (χ0n) is 13.8. The number of carbonyl (C=O) groups is 1. The zero-order valence-corrected chi connectivity index (χ0v) is 13.8. The number of aryl methyl sites for hydroxylation is 1. The summed E-state index contributed by atoms with van der Waals surface area (Å²) in [6, 6.07) is 8.70. The van der Waals surface area contributed by atoms with Crippen molar-refractivity contribution in [1.82, 2.24) is 9.55 Å². The lowest BCUT2D eigenvalue weighted by atomic mass is 9.88. The molecule has 0 aliphatic carbocycles. The molecular formula is C19H23N3O. The Hall–Kier alpha value is -2.10. The molecule has 2 aliphatic heterocycles. The predicted molar refractivity (Wildman–Crippen MR) is 90.8 cm³/mol. The fourth-order valence-electron chi connectivity index (χ4n) is 3.73. The van der Waals surface area contributed by atoms with Crippen LogP contribution in [0, 0.1) is 0 Å². The van der Waals surface area contributed by atoms with Crippen LogP contribution in [-0.2, 0) is 17.8 Å². The largest absolute Gasteiger partial charge is 0.314 e. The van der Waals surface area contributed by atoms with E-state index in [0.29, 0.717) is 12.3 Å². The lowest BCUT2D eigenvalue weighted by Crippen LogP contribution is -2.25. The summed E-state index contributed by atoms with van der Waals surface area (Å²) in [7, 11) is 0. The van der Waals surface area contributed by atoms with Gasteiger partial charge in [0.15, 0.2) is 0 Å². The summed E-state index contributed by atoms with van der Waals surface area (Å²) in [6.45, 7) is 5.37. The number of hydrogen-bond donors (Lipinski definition) is 1. The molecule has 4 heteroatoms. The predicted octanol–water partition coefficient (Wildman–Crippen LogP) is 3.82. The summed E-state index contributed by atoms with van der Waals surface area (Å²) in [6.07, 6.45) is 3.86. The normalized spacial score (nSPS) is 20.1. The van der Waals surface area contributed by atoms with Gasteiger partial charge < -0.3 is 9.88 Å². The molecule has 4 rings (SSSR count). The van der Waals surface area contributed by atoms with Gasteiger partial charge in [-0.3, -0.25) is 4.79 Å². The molecule has 1 aromatic carbocycles. The topological polar surface area (TPSA) is 46.9 Å². The molecule has 1 atom stereocenters. The third-order valence-electron chi connectivity index (χ3n) is 5.09. The Morgan fingerprint density at radius 1 is 1.22 bits per heavy atom. The van der Waals surface area contributed by atoms with Gasteiger partial charge in [-0.15, -0.1) is 0 Å². The van der Waals surface area contributed by atoms with E-state index in [-0.39, 0.29) is 11.8 Å². The first-order valence-corrected chi connectivity index (χ1v) is 8.62. The van der Waals surface area contributed by atoms with Crippen molar-refractivity contribution in [2.24, 2.45) is 0 Å². The summed E-state index contributed by atoms with van der Waals surface area (Å²) in [5.74, 6) is 2.78. The monoisotopic (exact) mass is 309 g/mol. The Kier molecular flexibility index (Phi) is 3.47. The molecule has 1 N–H and O–H groups in total. The second-order valence-electron chi connectivity index (χ2n) is 7.00. The van der Waals surface area contributed by atoms with Crippen molar-refractivity contribution >= 4 is 11.7 Å². The van der Waals surface area contributed by atoms with E-state index in [9.17, 15) is 4.79 Å². The molecule has 23 heavy (non-hydrogen) atoms. The van der Waals surface area contributed by atoms with Gasteiger partial charge in [0.05, 0.1) is 5.69 Å². The molecule has 4 nitrogen and oxygen atoms in total. The number of aromatic nitrogens is 2. The van der Waals surface area contributed by atoms with Crippen LogP contribution in [0.3, 0.4) is 0 Å². The van der Waals surface area contributed by atoms with Gasteiger partial charge in [-0.2, -0.15) is 0 Å². The van der Waals surface area contributed by atoms with Crippen molar-refractivity contribution in [3.8, 4) is 0 Å². The average Bonchev–Trinajstić information content (AvgIpc) is 2.93. The number of carbonyl (C=O) groups excluding carboxylic acids is 1. The molecule has 1 aromatic heterocycles. The van der Waals surface area contributed by atoms with E-state index in [1.54, 1.807) is 0 Å². The molecule has 0 spiro atoms. The van der Waals surface area contributed by atoms with Crippen molar-refractivity contribution < 1.29 is 4.79 Å². The Labute approximate surface area is 136 Å². The minimum atomic E-state index is 0.0815. The maximum absolute atomic E-state index is 12.2. The number of nitrogens with zero attached hydrogens (tertiary/aromatic N) is 2. The quantitative estimate of drug-likeness (QED) is 0.917. The number of amides is 1. The summed E-state index contributed by atoms with van der Waals surface area (Å²) >= 11 is 0. The highest BCUT2D eigenvalue weighted by Gasteiger charge is 2.33. The molecule has 3 heterocycles. The number of rotatable bonds is 2. The van der Waals surface area contributed by atoms with E-state index in [1.807, 2.05) is 0 Å². The lowest BCUT2D eigenvalue weighted by molar-refractivity contribution is -0.116. The first kappa shape index (κ1) is 14.5. The third kappa shape index (κ3) is 2.46. The van der Waals surface area contributed by atoms with Gasteiger partial charge in [-0.25, -0.2) is 4.98 Å². The summed E-state index contributed by atoms with van der Waals surface area (Å²) in [5.41, 5.74) is 3.58. The van der Waals surface area contributed by atoms with Crippen molar-refractivity contribution in [3.05, 3.63) is 46.9 Å². The van der Waals surface area contributed by atoms with E-state index < -0.39 is 0 Å². The first-order valence-electron chi connectivity index (χ1n) is 8.62. The van der Waals surface area contributed by atoms with Crippen molar-refractivity contribution in [3.63, 3.8) is 0 Å². The number of imidazole rings is 1. The minimum absolute atomic E-state index is 0.0815. The summed E-state index contributed by atoms with van der Waals surface area (Å²) in [4.78, 5) is 17.1. The van der Waals surface area contributed by atoms with Crippen LogP contribution in [0.4, 0.5) is 5.82 Å². The van der Waals surface area contributed by atoms with Gasteiger partial charge in [0.25, 0.3) is 0 Å². The van der Waals surface area contributed by atoms with Crippen LogP contribution in [-0.4, -0.2) is 15.5 Å². The van der Waals surface area contributed by atoms with Crippen molar-refractivity contribution in [1.29, 1.82) is 0 Å². The van der Waals surface area contributed by atoms with Gasteiger partial charge in [-0.05, 0) is 29.9 Å². The Balaban J connectivity index is 1.75. The number of benzene rings is 1. The second-order valence-corrected chi connectivity index (χ2v) is 7.00. The maximum atomic E-state index is 12.2.